The number of carbonyl (C=O) groups is 1. The van der Waals surface area contributed by atoms with Crippen LogP contribution in [0, 0.1) is 5.82 Å². The molecular weight excluding hydrogens is 477 g/mol. The van der Waals surface area contributed by atoms with E-state index in [9.17, 15) is 27.5 Å². The maximum atomic E-state index is 14.3. The average Bonchev–Trinajstić information content (AvgIpc) is 3.10. The Labute approximate surface area is 193 Å². The molecule has 5 nitrogen and oxygen atoms in total. The second kappa shape index (κ2) is 8.46. The van der Waals surface area contributed by atoms with Gasteiger partial charge in [-0.15, -0.1) is 0 Å². The largest absolute Gasteiger partial charge is 1.00 e. The molecule has 0 amide bonds. The van der Waals surface area contributed by atoms with Crippen molar-refractivity contribution < 1.29 is 46.3 Å². The van der Waals surface area contributed by atoms with Gasteiger partial charge in [-0.25, -0.2) is 13.9 Å². The Balaban J connectivity index is 0.00000272. The van der Waals surface area contributed by atoms with Crippen molar-refractivity contribution in [3.05, 3.63) is 76.1 Å². The number of benzene rings is 2. The maximum Gasteiger partial charge on any atom is 1.00 e. The summed E-state index contributed by atoms with van der Waals surface area (Å²) in [5.41, 5.74) is -0.451. The molecule has 0 fully saturated rings. The standard InChI is InChI=1S/C20H10BrF4N3O2.Li/c21-12-5-6-13(14(22)7-12)15-9-18-26-16(19(29)30)8-17(28(18)27-15)10-1-3-11(4-2-10)20(23,24)25;/h1-9H,(H,29,30);/q;+1/p-1. The van der Waals surface area contributed by atoms with Crippen LogP contribution in [0.25, 0.3) is 28.2 Å². The monoisotopic (exact) mass is 485 g/mol. The summed E-state index contributed by atoms with van der Waals surface area (Å²) in [6.07, 6.45) is -4.51. The van der Waals surface area contributed by atoms with E-state index < -0.39 is 29.2 Å². The van der Waals surface area contributed by atoms with Gasteiger partial charge in [-0.05, 0) is 36.4 Å². The molecule has 2 heterocycles. The van der Waals surface area contributed by atoms with Crippen LogP contribution in [-0.4, -0.2) is 20.6 Å². The number of alkyl halides is 3. The molecule has 0 bridgehead atoms. The third kappa shape index (κ3) is 4.51. The molecule has 0 radical (unpaired) electrons. The SMILES string of the molecule is O=C([O-])c1cc(-c2ccc(C(F)(F)F)cc2)n2nc(-c3ccc(Br)cc3F)cc2n1.[Li+]. The fraction of sp³-hybridized carbons (Fsp3) is 0.0500. The third-order valence-corrected chi connectivity index (χ3v) is 4.84. The van der Waals surface area contributed by atoms with Crippen LogP contribution in [0.2, 0.25) is 0 Å². The number of hydrogen-bond donors (Lipinski definition) is 0. The van der Waals surface area contributed by atoms with E-state index in [0.717, 1.165) is 18.2 Å². The molecule has 0 atom stereocenters. The molecule has 0 unspecified atom stereocenters. The molecule has 11 heteroatoms. The van der Waals surface area contributed by atoms with Crippen molar-refractivity contribution in [1.29, 1.82) is 0 Å². The second-order valence-electron chi connectivity index (χ2n) is 6.31. The summed E-state index contributed by atoms with van der Waals surface area (Å²) >= 11 is 3.16. The first kappa shape index (κ1) is 23.0. The van der Waals surface area contributed by atoms with E-state index in [0.29, 0.717) is 4.47 Å². The Kier molecular flexibility index (Phi) is 6.27. The first-order valence-electron chi connectivity index (χ1n) is 8.39. The molecule has 0 saturated heterocycles. The molecule has 0 spiro atoms. The van der Waals surface area contributed by atoms with Crippen molar-refractivity contribution in [1.82, 2.24) is 14.6 Å². The van der Waals surface area contributed by atoms with Crippen molar-refractivity contribution in [2.24, 2.45) is 0 Å². The van der Waals surface area contributed by atoms with Gasteiger partial charge in [-0.2, -0.15) is 18.3 Å². The van der Waals surface area contributed by atoms with Crippen LogP contribution >= 0.6 is 15.9 Å². The molecule has 0 N–H and O–H groups in total. The average molecular weight is 486 g/mol. The van der Waals surface area contributed by atoms with Gasteiger partial charge in [0.25, 0.3) is 0 Å². The van der Waals surface area contributed by atoms with Gasteiger partial charge in [0.1, 0.15) is 5.82 Å². The molecule has 0 aliphatic heterocycles. The van der Waals surface area contributed by atoms with Gasteiger partial charge in [0.05, 0.1) is 28.6 Å². The molecule has 0 saturated carbocycles. The van der Waals surface area contributed by atoms with Crippen LogP contribution < -0.4 is 24.0 Å². The number of carboxylic acids is 1. The van der Waals surface area contributed by atoms with Crippen LogP contribution in [0.15, 0.2) is 59.1 Å². The quantitative estimate of drug-likeness (QED) is 0.324. The normalized spacial score (nSPS) is 11.4. The van der Waals surface area contributed by atoms with Crippen LogP contribution in [0.3, 0.4) is 0 Å². The summed E-state index contributed by atoms with van der Waals surface area (Å²) in [7, 11) is 0. The Bertz CT molecular complexity index is 1290. The summed E-state index contributed by atoms with van der Waals surface area (Å²) in [6, 6.07) is 11.0. The number of carboxylic acid groups (broad SMARTS) is 1. The number of aromatic nitrogens is 3. The fourth-order valence-electron chi connectivity index (χ4n) is 2.94. The summed E-state index contributed by atoms with van der Waals surface area (Å²) < 4.78 is 54.7. The molecule has 4 aromatic rings. The Morgan fingerprint density at radius 3 is 2.29 bits per heavy atom. The fourth-order valence-corrected chi connectivity index (χ4v) is 3.28. The predicted molar refractivity (Wildman–Crippen MR) is 101 cm³/mol. The van der Waals surface area contributed by atoms with Crippen molar-refractivity contribution in [2.45, 2.75) is 6.18 Å². The van der Waals surface area contributed by atoms with E-state index in [-0.39, 0.29) is 47.0 Å². The molecule has 2 aromatic carbocycles. The van der Waals surface area contributed by atoms with Gasteiger partial charge in [0.2, 0.25) is 0 Å². The zero-order chi connectivity index (χ0) is 21.6. The van der Waals surface area contributed by atoms with Crippen molar-refractivity contribution in [3.8, 4) is 22.5 Å². The van der Waals surface area contributed by atoms with Crippen molar-refractivity contribution in [3.63, 3.8) is 0 Å². The van der Waals surface area contributed by atoms with Crippen molar-refractivity contribution in [2.75, 3.05) is 0 Å². The molecule has 2 aromatic heterocycles. The van der Waals surface area contributed by atoms with E-state index in [1.807, 2.05) is 0 Å². The Hall–Kier alpha value is -2.67. The van der Waals surface area contributed by atoms with Gasteiger partial charge < -0.3 is 9.90 Å². The van der Waals surface area contributed by atoms with Gasteiger partial charge in [0.15, 0.2) is 5.65 Å². The number of fused-ring (bicyclic) bond motifs is 1. The van der Waals surface area contributed by atoms with Gasteiger partial charge in [0, 0.05) is 21.7 Å². The number of halogens is 5. The second-order valence-corrected chi connectivity index (χ2v) is 7.23. The minimum Gasteiger partial charge on any atom is -0.543 e. The number of rotatable bonds is 3. The molecule has 4 rings (SSSR count). The summed E-state index contributed by atoms with van der Waals surface area (Å²) in [5, 5.41) is 15.6. The van der Waals surface area contributed by atoms with Crippen LogP contribution in [0.1, 0.15) is 16.1 Å². The van der Waals surface area contributed by atoms with E-state index >= 15 is 0 Å². The molecule has 152 valence electrons. The van der Waals surface area contributed by atoms with E-state index in [1.165, 1.54) is 34.8 Å². The topological polar surface area (TPSA) is 70.3 Å². The maximum absolute atomic E-state index is 14.3. The predicted octanol–water partition coefficient (Wildman–Crippen LogP) is 1.35. The Morgan fingerprint density at radius 2 is 1.71 bits per heavy atom. The molecular formula is C20H9BrF4LiN3O2. The molecule has 0 aliphatic carbocycles. The minimum atomic E-state index is -4.51. The van der Waals surface area contributed by atoms with Crippen molar-refractivity contribution >= 4 is 27.5 Å². The van der Waals surface area contributed by atoms with E-state index in [4.69, 9.17) is 0 Å². The number of aromatic carboxylic acids is 1. The Morgan fingerprint density at radius 1 is 1.03 bits per heavy atom. The molecule has 0 aliphatic rings. The van der Waals surface area contributed by atoms with E-state index in [1.54, 1.807) is 6.07 Å². The third-order valence-electron chi connectivity index (χ3n) is 4.35. The van der Waals surface area contributed by atoms with Gasteiger partial charge >= 0.3 is 25.0 Å². The zero-order valence-corrected chi connectivity index (χ0v) is 17.3. The van der Waals surface area contributed by atoms with Crippen LogP contribution in [0.5, 0.6) is 0 Å². The van der Waals surface area contributed by atoms with Gasteiger partial charge in [-0.1, -0.05) is 28.1 Å². The van der Waals surface area contributed by atoms with Crippen LogP contribution in [0.4, 0.5) is 17.6 Å². The summed E-state index contributed by atoms with van der Waals surface area (Å²) in [4.78, 5) is 15.3. The minimum absolute atomic E-state index is 0. The molecule has 31 heavy (non-hydrogen) atoms. The summed E-state index contributed by atoms with van der Waals surface area (Å²) in [6.45, 7) is 0. The summed E-state index contributed by atoms with van der Waals surface area (Å²) in [5.74, 6) is -2.13. The van der Waals surface area contributed by atoms with Gasteiger partial charge in [-0.3, -0.25) is 0 Å². The zero-order valence-electron chi connectivity index (χ0n) is 15.7. The first-order valence-corrected chi connectivity index (χ1v) is 9.18. The van der Waals surface area contributed by atoms with E-state index in [2.05, 4.69) is 26.0 Å². The number of nitrogens with zero attached hydrogens (tertiary/aromatic N) is 3. The first-order chi connectivity index (χ1) is 14.1. The van der Waals surface area contributed by atoms with Crippen LogP contribution in [-0.2, 0) is 6.18 Å². The number of carbonyl (C=O) groups excluding carboxylic acids is 1. The number of hydrogen-bond acceptors (Lipinski definition) is 4. The smallest absolute Gasteiger partial charge is 0.543 e.